The van der Waals surface area contributed by atoms with Gasteiger partial charge in [0, 0.05) is 6.92 Å². The summed E-state index contributed by atoms with van der Waals surface area (Å²) in [6.07, 6.45) is 0. The van der Waals surface area contributed by atoms with Crippen molar-refractivity contribution in [2.45, 2.75) is 13.8 Å². The maximum Gasteiger partial charge on any atom is 0.244 e. The third kappa shape index (κ3) is 1.28. The van der Waals surface area contributed by atoms with Gasteiger partial charge in [0.1, 0.15) is 0 Å². The molecule has 1 aromatic rings. The zero-order chi connectivity index (χ0) is 8.59. The Morgan fingerprint density at radius 3 is 2.45 bits per heavy atom. The molecule has 0 unspecified atom stereocenters. The molecule has 0 aliphatic carbocycles. The molecule has 1 heterocycles. The molecule has 0 aliphatic rings. The van der Waals surface area contributed by atoms with Gasteiger partial charge in [-0.3, -0.25) is 4.79 Å². The van der Waals surface area contributed by atoms with Crippen molar-refractivity contribution in [3.05, 3.63) is 10.2 Å². The van der Waals surface area contributed by atoms with E-state index < -0.39 is 0 Å². The molecule has 0 saturated carbocycles. The molecule has 0 atom stereocenters. The number of rotatable bonds is 0. The molecule has 0 fully saturated rings. The van der Waals surface area contributed by atoms with Gasteiger partial charge in [-0.1, -0.05) is 0 Å². The van der Waals surface area contributed by atoms with E-state index >= 15 is 0 Å². The Hall–Kier alpha value is -0.840. The van der Waals surface area contributed by atoms with Crippen LogP contribution in [0.5, 0.6) is 0 Å². The number of carbonyl (C=O) groups excluding carboxylic acids is 1. The van der Waals surface area contributed by atoms with Gasteiger partial charge in [0.25, 0.3) is 0 Å². The molecular formula is C6H8BrN3O. The molecule has 4 nitrogen and oxygen atoms in total. The van der Waals surface area contributed by atoms with E-state index in [2.05, 4.69) is 21.0 Å². The van der Waals surface area contributed by atoms with Crippen LogP contribution in [0, 0.1) is 6.92 Å². The predicted molar refractivity (Wildman–Crippen MR) is 45.4 cm³/mol. The predicted octanol–water partition coefficient (Wildman–Crippen LogP) is 1.20. The monoisotopic (exact) mass is 217 g/mol. The number of aromatic nitrogens is 2. The first-order valence-corrected chi connectivity index (χ1v) is 3.85. The minimum atomic E-state index is -0.139. The van der Waals surface area contributed by atoms with E-state index in [1.165, 1.54) is 11.6 Å². The lowest BCUT2D eigenvalue weighted by molar-refractivity contribution is 0.0919. The molecule has 0 radical (unpaired) electrons. The van der Waals surface area contributed by atoms with Crippen LogP contribution >= 0.6 is 15.9 Å². The van der Waals surface area contributed by atoms with E-state index in [1.54, 1.807) is 6.92 Å². The van der Waals surface area contributed by atoms with Crippen LogP contribution in [0.1, 0.15) is 17.4 Å². The molecule has 11 heavy (non-hydrogen) atoms. The first-order valence-electron chi connectivity index (χ1n) is 3.05. The Morgan fingerprint density at radius 1 is 1.73 bits per heavy atom. The topological polar surface area (TPSA) is 60.9 Å². The fraction of sp³-hybridized carbons (Fsp3) is 0.333. The molecule has 0 aromatic carbocycles. The van der Waals surface area contributed by atoms with Gasteiger partial charge in [-0.15, -0.1) is 5.10 Å². The Labute approximate surface area is 72.5 Å². The first-order chi connectivity index (χ1) is 5.04. The average molecular weight is 218 g/mol. The van der Waals surface area contributed by atoms with Crippen molar-refractivity contribution in [2.75, 3.05) is 5.73 Å². The van der Waals surface area contributed by atoms with Crippen molar-refractivity contribution in [2.24, 2.45) is 0 Å². The van der Waals surface area contributed by atoms with Crippen molar-refractivity contribution in [1.82, 2.24) is 9.78 Å². The number of nitrogens with zero attached hydrogens (tertiary/aromatic N) is 2. The van der Waals surface area contributed by atoms with Crippen LogP contribution in [0.3, 0.4) is 0 Å². The number of anilines is 1. The molecule has 0 saturated heterocycles. The minimum Gasteiger partial charge on any atom is -0.381 e. The maximum absolute atomic E-state index is 10.9. The highest BCUT2D eigenvalue weighted by Gasteiger charge is 2.11. The van der Waals surface area contributed by atoms with Gasteiger partial charge in [-0.05, 0) is 22.9 Å². The van der Waals surface area contributed by atoms with E-state index in [1.807, 2.05) is 0 Å². The summed E-state index contributed by atoms with van der Waals surface area (Å²) in [5.74, 6) is 0.206. The van der Waals surface area contributed by atoms with E-state index in [0.717, 1.165) is 5.69 Å². The highest BCUT2D eigenvalue weighted by Crippen LogP contribution is 2.21. The summed E-state index contributed by atoms with van der Waals surface area (Å²) in [4.78, 5) is 10.9. The zero-order valence-electron chi connectivity index (χ0n) is 6.26. The van der Waals surface area contributed by atoms with Crippen molar-refractivity contribution in [3.63, 3.8) is 0 Å². The number of carbonyl (C=O) groups is 1. The standard InChI is InChI=1S/C6H8BrN3O/c1-3-5(7)6(8)9-10(3)4(2)11/h1-2H3,(H2,8,9). The third-order valence-corrected chi connectivity index (χ3v) is 2.35. The lowest BCUT2D eigenvalue weighted by Gasteiger charge is -1.94. The second kappa shape index (κ2) is 2.65. The van der Waals surface area contributed by atoms with Crippen molar-refractivity contribution in [3.8, 4) is 0 Å². The second-order valence-corrected chi connectivity index (χ2v) is 3.01. The van der Waals surface area contributed by atoms with Gasteiger partial charge in [0.05, 0.1) is 10.2 Å². The number of nitrogen functional groups attached to an aromatic ring is 1. The molecular weight excluding hydrogens is 210 g/mol. The average Bonchev–Trinajstić information content (AvgIpc) is 2.17. The molecule has 2 N–H and O–H groups in total. The lowest BCUT2D eigenvalue weighted by Crippen LogP contribution is -2.09. The SMILES string of the molecule is CC(=O)n1nc(N)c(Br)c1C. The Kier molecular flexibility index (Phi) is 1.99. The smallest absolute Gasteiger partial charge is 0.244 e. The van der Waals surface area contributed by atoms with Crippen molar-refractivity contribution >= 4 is 27.7 Å². The highest BCUT2D eigenvalue weighted by atomic mass is 79.9. The number of hydrogen-bond acceptors (Lipinski definition) is 3. The van der Waals surface area contributed by atoms with Gasteiger partial charge in [-0.25, -0.2) is 4.68 Å². The van der Waals surface area contributed by atoms with Gasteiger partial charge < -0.3 is 5.73 Å². The molecule has 1 aromatic heterocycles. The van der Waals surface area contributed by atoms with E-state index in [9.17, 15) is 4.79 Å². The van der Waals surface area contributed by atoms with E-state index in [4.69, 9.17) is 5.73 Å². The van der Waals surface area contributed by atoms with E-state index in [-0.39, 0.29) is 5.91 Å². The largest absolute Gasteiger partial charge is 0.381 e. The summed E-state index contributed by atoms with van der Waals surface area (Å²) in [6.45, 7) is 3.21. The van der Waals surface area contributed by atoms with Crippen LogP contribution < -0.4 is 5.73 Å². The molecule has 0 amide bonds. The molecule has 0 aliphatic heterocycles. The molecule has 5 heteroatoms. The Balaban J connectivity index is 3.29. The summed E-state index contributed by atoms with van der Waals surface area (Å²) in [7, 11) is 0. The Bertz CT molecular complexity index is 305. The van der Waals surface area contributed by atoms with Crippen LogP contribution in [-0.4, -0.2) is 15.7 Å². The maximum atomic E-state index is 10.9. The fourth-order valence-corrected chi connectivity index (χ4v) is 1.06. The van der Waals surface area contributed by atoms with Gasteiger partial charge in [0.15, 0.2) is 5.82 Å². The van der Waals surface area contributed by atoms with Gasteiger partial charge in [-0.2, -0.15) is 0 Å². The first kappa shape index (κ1) is 8.26. The van der Waals surface area contributed by atoms with E-state index in [0.29, 0.717) is 10.3 Å². The zero-order valence-corrected chi connectivity index (χ0v) is 7.84. The number of hydrogen-bond donors (Lipinski definition) is 1. The highest BCUT2D eigenvalue weighted by molar-refractivity contribution is 9.10. The van der Waals surface area contributed by atoms with Crippen molar-refractivity contribution < 1.29 is 4.79 Å². The van der Waals surface area contributed by atoms with Gasteiger partial charge >= 0.3 is 0 Å². The molecule has 0 bridgehead atoms. The molecule has 1 rings (SSSR count). The summed E-state index contributed by atoms with van der Waals surface area (Å²) >= 11 is 3.21. The summed E-state index contributed by atoms with van der Waals surface area (Å²) < 4.78 is 1.95. The van der Waals surface area contributed by atoms with Crippen LogP contribution in [0.25, 0.3) is 0 Å². The normalized spacial score (nSPS) is 10.1. The van der Waals surface area contributed by atoms with Crippen LogP contribution in [0.2, 0.25) is 0 Å². The summed E-state index contributed by atoms with van der Waals surface area (Å²) in [5.41, 5.74) is 6.18. The fourth-order valence-electron chi connectivity index (χ4n) is 0.812. The summed E-state index contributed by atoms with van der Waals surface area (Å²) in [5, 5.41) is 3.81. The van der Waals surface area contributed by atoms with Crippen LogP contribution in [-0.2, 0) is 0 Å². The van der Waals surface area contributed by atoms with Gasteiger partial charge in [0.2, 0.25) is 5.91 Å². The quantitative estimate of drug-likeness (QED) is 0.711. The molecule has 0 spiro atoms. The lowest BCUT2D eigenvalue weighted by atomic mass is 10.4. The van der Waals surface area contributed by atoms with Crippen LogP contribution in [0.15, 0.2) is 4.47 Å². The summed E-state index contributed by atoms with van der Waals surface area (Å²) in [6, 6.07) is 0. The minimum absolute atomic E-state index is 0.139. The molecule has 60 valence electrons. The van der Waals surface area contributed by atoms with Crippen molar-refractivity contribution in [1.29, 1.82) is 0 Å². The third-order valence-electron chi connectivity index (χ3n) is 1.37. The Morgan fingerprint density at radius 2 is 2.27 bits per heavy atom. The second-order valence-electron chi connectivity index (χ2n) is 2.22. The number of halogens is 1. The van der Waals surface area contributed by atoms with Crippen LogP contribution in [0.4, 0.5) is 5.82 Å². The number of nitrogens with two attached hydrogens (primary N) is 1.